The van der Waals surface area contributed by atoms with E-state index in [1.165, 1.54) is 12.5 Å². The predicted octanol–water partition coefficient (Wildman–Crippen LogP) is 2.39. The van der Waals surface area contributed by atoms with Crippen LogP contribution < -0.4 is 9.64 Å². The Bertz CT molecular complexity index is 1410. The van der Waals surface area contributed by atoms with Crippen molar-refractivity contribution in [3.8, 4) is 17.6 Å². The fourth-order valence-corrected chi connectivity index (χ4v) is 6.85. The molecule has 9 heteroatoms. The molecule has 1 fully saturated rings. The third kappa shape index (κ3) is 4.08. The molecule has 1 N–H and O–H groups in total. The van der Waals surface area contributed by atoms with Crippen LogP contribution in [0.1, 0.15) is 29.2 Å². The van der Waals surface area contributed by atoms with Gasteiger partial charge in [0.05, 0.1) is 32.1 Å². The Kier molecular flexibility index (Phi) is 6.05. The lowest BCUT2D eigenvalue weighted by atomic mass is 9.82. The van der Waals surface area contributed by atoms with Gasteiger partial charge in [-0.3, -0.25) is 0 Å². The molecule has 0 spiro atoms. The summed E-state index contributed by atoms with van der Waals surface area (Å²) in [6.07, 6.45) is 3.68. The third-order valence-corrected chi connectivity index (χ3v) is 8.77. The van der Waals surface area contributed by atoms with Crippen LogP contribution in [0.2, 0.25) is 0 Å². The number of likely N-dealkylation sites (N-methyl/N-ethyl adjacent to an activating group) is 1. The van der Waals surface area contributed by atoms with Crippen LogP contribution in [0, 0.1) is 17.8 Å². The molecule has 2 aromatic carbocycles. The molecule has 182 valence electrons. The van der Waals surface area contributed by atoms with Crippen molar-refractivity contribution >= 4 is 15.7 Å². The average molecular weight is 493 g/mol. The van der Waals surface area contributed by atoms with Crippen LogP contribution in [0.5, 0.6) is 5.75 Å². The maximum Gasteiger partial charge on any atom is 0.262 e. The summed E-state index contributed by atoms with van der Waals surface area (Å²) in [7, 11) is 1.53. The van der Waals surface area contributed by atoms with E-state index in [1.54, 1.807) is 23.0 Å². The minimum absolute atomic E-state index is 0.0390. The number of aromatic nitrogens is 2. The van der Waals surface area contributed by atoms with Crippen LogP contribution >= 0.6 is 0 Å². The number of benzene rings is 2. The van der Waals surface area contributed by atoms with Crippen molar-refractivity contribution in [1.29, 1.82) is 0 Å². The van der Waals surface area contributed by atoms with Crippen molar-refractivity contribution in [2.45, 2.75) is 23.5 Å². The number of rotatable bonds is 4. The number of hydrogen-bond donors (Lipinski definition) is 1. The predicted molar refractivity (Wildman–Crippen MR) is 133 cm³/mol. The maximum atomic E-state index is 13.6. The molecular weight excluding hydrogens is 464 g/mol. The molecule has 0 aliphatic carbocycles. The molecule has 0 amide bonds. The van der Waals surface area contributed by atoms with E-state index < -0.39 is 16.1 Å². The number of methoxy groups -OCH3 is 1. The van der Waals surface area contributed by atoms with E-state index >= 15 is 0 Å². The highest BCUT2D eigenvalue weighted by Gasteiger charge is 2.50. The van der Waals surface area contributed by atoms with Gasteiger partial charge in [-0.2, -0.15) is 4.31 Å². The first kappa shape index (κ1) is 23.4. The number of ether oxygens (including phenoxy) is 1. The lowest BCUT2D eigenvalue weighted by Gasteiger charge is -2.44. The molecule has 0 unspecified atom stereocenters. The molecule has 0 bridgehead atoms. The first-order valence-corrected chi connectivity index (χ1v) is 12.9. The summed E-state index contributed by atoms with van der Waals surface area (Å²) in [5, 5.41) is 10.2. The fourth-order valence-electron chi connectivity index (χ4n) is 5.22. The van der Waals surface area contributed by atoms with E-state index in [0.29, 0.717) is 13.0 Å². The number of nitrogens with zero attached hydrogens (tertiary/aromatic N) is 4. The van der Waals surface area contributed by atoms with Crippen LogP contribution in [0.15, 0.2) is 60.0 Å². The summed E-state index contributed by atoms with van der Waals surface area (Å²) in [6.45, 7) is 0.327. The lowest BCUT2D eigenvalue weighted by Crippen LogP contribution is -2.48. The topological polar surface area (TPSA) is 87.9 Å². The van der Waals surface area contributed by atoms with Crippen LogP contribution in [0.25, 0.3) is 0 Å². The first-order chi connectivity index (χ1) is 16.8. The highest BCUT2D eigenvalue weighted by Crippen LogP contribution is 2.50. The molecule has 0 radical (unpaired) electrons. The molecule has 35 heavy (non-hydrogen) atoms. The summed E-state index contributed by atoms with van der Waals surface area (Å²) < 4.78 is 35.5. The monoisotopic (exact) mass is 492 g/mol. The number of hydrogen-bond acceptors (Lipinski definition) is 6. The number of aliphatic hydroxyl groups is 1. The SMILES string of the molecule is COc1ccc(C#Cc2ccc3c(c2)[C@@H]2[C@@H](CCN2S(=O)(=O)c2cn(C)cn2)[C@H](CO)N3C)cc1. The number of sulfonamides is 1. The van der Waals surface area contributed by atoms with Gasteiger partial charge in [-0.25, -0.2) is 13.4 Å². The quantitative estimate of drug-likeness (QED) is 0.563. The molecule has 3 atom stereocenters. The standard InChI is InChI=1S/C26H28N4O4S/c1-28-15-25(27-17-28)35(32,33)30-13-12-21-24(16-31)29(2)23-11-8-19(14-22(23)26(21)30)5-4-18-6-9-20(34-3)10-7-18/h6-11,14-15,17,21,24,26,31H,12-13,16H2,1-3H3/t21-,24-,26-/m0/s1. The zero-order valence-electron chi connectivity index (χ0n) is 19.9. The molecule has 0 saturated carbocycles. The zero-order chi connectivity index (χ0) is 24.7. The van der Waals surface area contributed by atoms with Crippen molar-refractivity contribution < 1.29 is 18.3 Å². The lowest BCUT2D eigenvalue weighted by molar-refractivity contribution is 0.193. The summed E-state index contributed by atoms with van der Waals surface area (Å²) in [5.41, 5.74) is 3.47. The Labute approximate surface area is 205 Å². The molecule has 2 aliphatic heterocycles. The normalized spacial score (nSPS) is 21.7. The van der Waals surface area contributed by atoms with Gasteiger partial charge in [-0.05, 0) is 54.4 Å². The molecule has 8 nitrogen and oxygen atoms in total. The van der Waals surface area contributed by atoms with Gasteiger partial charge in [-0.15, -0.1) is 0 Å². The van der Waals surface area contributed by atoms with Crippen molar-refractivity contribution in [1.82, 2.24) is 13.9 Å². The Morgan fingerprint density at radius 2 is 1.83 bits per heavy atom. The van der Waals surface area contributed by atoms with Gasteiger partial charge in [0.25, 0.3) is 10.0 Å². The maximum absolute atomic E-state index is 13.6. The highest BCUT2D eigenvalue weighted by molar-refractivity contribution is 7.89. The number of aliphatic hydroxyl groups excluding tert-OH is 1. The molecule has 3 heterocycles. The van der Waals surface area contributed by atoms with E-state index in [9.17, 15) is 13.5 Å². The van der Waals surface area contributed by atoms with Gasteiger partial charge in [0.1, 0.15) is 5.75 Å². The molecule has 2 aliphatic rings. The third-order valence-electron chi connectivity index (χ3n) is 7.00. The smallest absolute Gasteiger partial charge is 0.262 e. The Morgan fingerprint density at radius 3 is 2.49 bits per heavy atom. The largest absolute Gasteiger partial charge is 0.497 e. The molecule has 5 rings (SSSR count). The van der Waals surface area contributed by atoms with E-state index in [-0.39, 0.29) is 23.6 Å². The summed E-state index contributed by atoms with van der Waals surface area (Å²) in [4.78, 5) is 6.18. The fraction of sp³-hybridized carbons (Fsp3) is 0.346. The van der Waals surface area contributed by atoms with Crippen LogP contribution in [-0.2, 0) is 17.1 Å². The number of anilines is 1. The Balaban J connectivity index is 1.56. The van der Waals surface area contributed by atoms with Gasteiger partial charge >= 0.3 is 0 Å². The van der Waals surface area contributed by atoms with Crippen molar-refractivity contribution in [3.05, 3.63) is 71.7 Å². The van der Waals surface area contributed by atoms with Crippen molar-refractivity contribution in [3.63, 3.8) is 0 Å². The number of imidazole rings is 1. The van der Waals surface area contributed by atoms with Gasteiger partial charge in [-0.1, -0.05) is 11.8 Å². The van der Waals surface area contributed by atoms with Crippen molar-refractivity contribution in [2.75, 3.05) is 32.2 Å². The number of fused-ring (bicyclic) bond motifs is 3. The Morgan fingerprint density at radius 1 is 1.11 bits per heavy atom. The van der Waals surface area contributed by atoms with Gasteiger partial charge in [0.2, 0.25) is 0 Å². The number of aryl methyl sites for hydroxylation is 1. The summed E-state index contributed by atoms with van der Waals surface area (Å²) >= 11 is 0. The van der Waals surface area contributed by atoms with Gasteiger partial charge in [0.15, 0.2) is 5.03 Å². The molecular formula is C26H28N4O4S. The van der Waals surface area contributed by atoms with Crippen LogP contribution in [0.3, 0.4) is 0 Å². The summed E-state index contributed by atoms with van der Waals surface area (Å²) in [5.74, 6) is 7.12. The minimum Gasteiger partial charge on any atom is -0.497 e. The second-order valence-electron chi connectivity index (χ2n) is 9.00. The van der Waals surface area contributed by atoms with Crippen LogP contribution in [-0.4, -0.2) is 60.7 Å². The van der Waals surface area contributed by atoms with Crippen molar-refractivity contribution in [2.24, 2.45) is 13.0 Å². The second kappa shape index (κ2) is 9.04. The minimum atomic E-state index is -3.80. The van der Waals surface area contributed by atoms with E-state index in [1.807, 2.05) is 49.5 Å². The van der Waals surface area contributed by atoms with Crippen LogP contribution in [0.4, 0.5) is 5.69 Å². The molecule has 3 aromatic rings. The second-order valence-corrected chi connectivity index (χ2v) is 10.8. The van der Waals surface area contributed by atoms with E-state index in [2.05, 4.69) is 21.7 Å². The highest BCUT2D eigenvalue weighted by atomic mass is 32.2. The Hall–Kier alpha value is -3.32. The zero-order valence-corrected chi connectivity index (χ0v) is 20.7. The van der Waals surface area contributed by atoms with E-state index in [0.717, 1.165) is 28.1 Å². The summed E-state index contributed by atoms with van der Waals surface area (Å²) in [6, 6.07) is 12.9. The van der Waals surface area contributed by atoms with E-state index in [4.69, 9.17) is 4.74 Å². The molecule has 1 aromatic heterocycles. The van der Waals surface area contributed by atoms with Gasteiger partial charge < -0.3 is 19.3 Å². The molecule has 1 saturated heterocycles. The van der Waals surface area contributed by atoms with Gasteiger partial charge in [0, 0.05) is 49.6 Å². The average Bonchev–Trinajstić information content (AvgIpc) is 3.51. The first-order valence-electron chi connectivity index (χ1n) is 11.5.